The number of anilines is 2. The molecule has 0 aliphatic heterocycles. The third kappa shape index (κ3) is 5.43. The Morgan fingerprint density at radius 1 is 1.17 bits per heavy atom. The Balaban J connectivity index is 2.04. The maximum absolute atomic E-state index is 12.0. The lowest BCUT2D eigenvalue weighted by Gasteiger charge is -2.13. The Labute approximate surface area is 145 Å². The van der Waals surface area contributed by atoms with Crippen LogP contribution in [-0.2, 0) is 14.8 Å². The second-order valence-corrected chi connectivity index (χ2v) is 7.35. The predicted octanol–water partition coefficient (Wildman–Crippen LogP) is 3.04. The van der Waals surface area contributed by atoms with Crippen molar-refractivity contribution in [3.8, 4) is 5.75 Å². The molecular formula is C16H17ClN2O4S. The van der Waals surface area contributed by atoms with E-state index >= 15 is 0 Å². The van der Waals surface area contributed by atoms with Crippen molar-refractivity contribution in [2.75, 3.05) is 22.9 Å². The molecule has 1 amide bonds. The minimum absolute atomic E-state index is 0.254. The summed E-state index contributed by atoms with van der Waals surface area (Å²) in [6.07, 6.45) is 1.04. The quantitative estimate of drug-likeness (QED) is 0.820. The molecule has 6 nitrogen and oxygen atoms in total. The van der Waals surface area contributed by atoms with E-state index in [1.807, 2.05) is 13.0 Å². The molecule has 0 heterocycles. The number of ether oxygens (including phenoxy) is 1. The van der Waals surface area contributed by atoms with Gasteiger partial charge in [0.2, 0.25) is 10.0 Å². The van der Waals surface area contributed by atoms with Crippen LogP contribution in [0.5, 0.6) is 5.75 Å². The molecule has 0 bridgehead atoms. The minimum Gasteiger partial charge on any atom is -0.482 e. The average molecular weight is 369 g/mol. The molecule has 2 N–H and O–H groups in total. The summed E-state index contributed by atoms with van der Waals surface area (Å²) >= 11 is 6.00. The van der Waals surface area contributed by atoms with Crippen LogP contribution < -0.4 is 14.8 Å². The second-order valence-electron chi connectivity index (χ2n) is 5.19. The Morgan fingerprint density at radius 3 is 2.50 bits per heavy atom. The molecule has 0 aliphatic carbocycles. The van der Waals surface area contributed by atoms with Gasteiger partial charge in [0.25, 0.3) is 5.91 Å². The first-order valence-corrected chi connectivity index (χ1v) is 9.27. The van der Waals surface area contributed by atoms with Gasteiger partial charge in [-0.1, -0.05) is 29.8 Å². The van der Waals surface area contributed by atoms with Crippen LogP contribution in [0.1, 0.15) is 5.56 Å². The molecule has 2 aromatic rings. The number of para-hydroxylation sites is 2. The minimum atomic E-state index is -3.45. The predicted molar refractivity (Wildman–Crippen MR) is 95.2 cm³/mol. The van der Waals surface area contributed by atoms with Crippen molar-refractivity contribution in [3.05, 3.63) is 53.1 Å². The molecule has 0 atom stereocenters. The van der Waals surface area contributed by atoms with Crippen LogP contribution in [0.3, 0.4) is 0 Å². The summed E-state index contributed by atoms with van der Waals surface area (Å²) in [6, 6.07) is 11.7. The fourth-order valence-electron chi connectivity index (χ4n) is 1.93. The van der Waals surface area contributed by atoms with E-state index in [1.165, 1.54) is 0 Å². The number of sulfonamides is 1. The number of hydrogen-bond acceptors (Lipinski definition) is 4. The van der Waals surface area contributed by atoms with Gasteiger partial charge >= 0.3 is 0 Å². The standard InChI is InChI=1S/C16H17ClN2O4S/c1-11-7-8-12(17)15(9-11)23-10-16(20)18-13-5-3-4-6-14(13)19-24(2,21)22/h3-9,19H,10H2,1-2H3,(H,18,20). The van der Waals surface area contributed by atoms with Crippen LogP contribution >= 0.6 is 11.6 Å². The van der Waals surface area contributed by atoms with Gasteiger partial charge < -0.3 is 10.1 Å². The number of aryl methyl sites for hydroxylation is 1. The molecule has 2 aromatic carbocycles. The van der Waals surface area contributed by atoms with Gasteiger partial charge in [-0.15, -0.1) is 0 Å². The maximum Gasteiger partial charge on any atom is 0.262 e. The summed E-state index contributed by atoms with van der Waals surface area (Å²) in [5.41, 5.74) is 1.58. The van der Waals surface area contributed by atoms with Gasteiger partial charge in [0, 0.05) is 0 Å². The van der Waals surface area contributed by atoms with E-state index < -0.39 is 15.9 Å². The lowest BCUT2D eigenvalue weighted by molar-refractivity contribution is -0.118. The summed E-state index contributed by atoms with van der Waals surface area (Å²) < 4.78 is 30.5. The molecule has 128 valence electrons. The number of halogens is 1. The van der Waals surface area contributed by atoms with Crippen LogP contribution in [0.25, 0.3) is 0 Å². The second kappa shape index (κ2) is 7.55. The first-order valence-electron chi connectivity index (χ1n) is 7.00. The van der Waals surface area contributed by atoms with Gasteiger partial charge in [-0.25, -0.2) is 8.42 Å². The zero-order chi connectivity index (χ0) is 17.7. The molecular weight excluding hydrogens is 352 g/mol. The molecule has 0 aromatic heterocycles. The number of benzene rings is 2. The van der Waals surface area contributed by atoms with Crippen molar-refractivity contribution in [1.29, 1.82) is 0 Å². The summed E-state index contributed by atoms with van der Waals surface area (Å²) in [6.45, 7) is 1.63. The van der Waals surface area contributed by atoms with Crippen LogP contribution in [0.2, 0.25) is 5.02 Å². The summed E-state index contributed by atoms with van der Waals surface area (Å²) in [7, 11) is -3.45. The van der Waals surface area contributed by atoms with Gasteiger partial charge in [0.15, 0.2) is 6.61 Å². The molecule has 24 heavy (non-hydrogen) atoms. The zero-order valence-electron chi connectivity index (χ0n) is 13.2. The Bertz CT molecular complexity index is 853. The number of hydrogen-bond donors (Lipinski definition) is 2. The first kappa shape index (κ1) is 18.1. The molecule has 0 spiro atoms. The number of nitrogens with one attached hydrogen (secondary N) is 2. The molecule has 2 rings (SSSR count). The molecule has 0 fully saturated rings. The van der Waals surface area contributed by atoms with Gasteiger partial charge in [-0.2, -0.15) is 0 Å². The first-order chi connectivity index (χ1) is 11.2. The zero-order valence-corrected chi connectivity index (χ0v) is 14.7. The van der Waals surface area contributed by atoms with E-state index in [0.29, 0.717) is 16.5 Å². The third-order valence-electron chi connectivity index (χ3n) is 2.94. The SMILES string of the molecule is Cc1ccc(Cl)c(OCC(=O)Nc2ccccc2NS(C)(=O)=O)c1. The van der Waals surface area contributed by atoms with Crippen LogP contribution in [-0.4, -0.2) is 27.2 Å². The lowest BCUT2D eigenvalue weighted by atomic mass is 10.2. The third-order valence-corrected chi connectivity index (χ3v) is 3.84. The van der Waals surface area contributed by atoms with Crippen molar-refractivity contribution in [2.45, 2.75) is 6.92 Å². The lowest BCUT2D eigenvalue weighted by Crippen LogP contribution is -2.21. The molecule has 0 aliphatic rings. The molecule has 0 saturated carbocycles. The van der Waals surface area contributed by atoms with E-state index in [-0.39, 0.29) is 12.3 Å². The smallest absolute Gasteiger partial charge is 0.262 e. The number of carbonyl (C=O) groups is 1. The fourth-order valence-corrected chi connectivity index (χ4v) is 2.68. The highest BCUT2D eigenvalue weighted by Gasteiger charge is 2.11. The van der Waals surface area contributed by atoms with E-state index in [1.54, 1.807) is 36.4 Å². The van der Waals surface area contributed by atoms with E-state index in [4.69, 9.17) is 16.3 Å². The normalized spacial score (nSPS) is 11.0. The fraction of sp³-hybridized carbons (Fsp3) is 0.188. The highest BCUT2D eigenvalue weighted by molar-refractivity contribution is 7.92. The Kier molecular flexibility index (Phi) is 5.69. The van der Waals surface area contributed by atoms with Crippen molar-refractivity contribution in [1.82, 2.24) is 0 Å². The van der Waals surface area contributed by atoms with Gasteiger partial charge in [-0.05, 0) is 36.8 Å². The maximum atomic E-state index is 12.0. The van der Waals surface area contributed by atoms with Gasteiger partial charge in [0.05, 0.1) is 22.7 Å². The topological polar surface area (TPSA) is 84.5 Å². The molecule has 0 radical (unpaired) electrons. The van der Waals surface area contributed by atoms with Crippen molar-refractivity contribution >= 4 is 38.9 Å². The number of carbonyl (C=O) groups excluding carboxylic acids is 1. The summed E-state index contributed by atoms with van der Waals surface area (Å²) in [5, 5.41) is 3.01. The van der Waals surface area contributed by atoms with Crippen LogP contribution in [0.15, 0.2) is 42.5 Å². The van der Waals surface area contributed by atoms with Crippen LogP contribution in [0.4, 0.5) is 11.4 Å². The highest BCUT2D eigenvalue weighted by atomic mass is 35.5. The van der Waals surface area contributed by atoms with Gasteiger partial charge in [0.1, 0.15) is 5.75 Å². The van der Waals surface area contributed by atoms with Crippen LogP contribution in [0, 0.1) is 6.92 Å². The summed E-state index contributed by atoms with van der Waals surface area (Å²) in [4.78, 5) is 12.0. The largest absolute Gasteiger partial charge is 0.482 e. The molecule has 0 unspecified atom stereocenters. The van der Waals surface area contributed by atoms with Crippen molar-refractivity contribution in [3.63, 3.8) is 0 Å². The molecule has 8 heteroatoms. The Hall–Kier alpha value is -2.25. The van der Waals surface area contributed by atoms with Crippen molar-refractivity contribution < 1.29 is 17.9 Å². The Morgan fingerprint density at radius 2 is 1.83 bits per heavy atom. The van der Waals surface area contributed by atoms with E-state index in [2.05, 4.69) is 10.0 Å². The monoisotopic (exact) mass is 368 g/mol. The highest BCUT2D eigenvalue weighted by Crippen LogP contribution is 2.25. The van der Waals surface area contributed by atoms with Gasteiger partial charge in [-0.3, -0.25) is 9.52 Å². The van der Waals surface area contributed by atoms with E-state index in [0.717, 1.165) is 11.8 Å². The van der Waals surface area contributed by atoms with E-state index in [9.17, 15) is 13.2 Å². The molecule has 0 saturated heterocycles. The average Bonchev–Trinajstić information content (AvgIpc) is 2.49. The summed E-state index contributed by atoms with van der Waals surface area (Å²) in [5.74, 6) is -0.0234. The van der Waals surface area contributed by atoms with Crippen molar-refractivity contribution in [2.24, 2.45) is 0 Å². The number of amides is 1. The number of rotatable bonds is 6.